The quantitative estimate of drug-likeness (QED) is 0.504. The highest BCUT2D eigenvalue weighted by atomic mass is 35.5. The summed E-state index contributed by atoms with van der Waals surface area (Å²) >= 11 is 7.10. The summed E-state index contributed by atoms with van der Waals surface area (Å²) in [5.41, 5.74) is -0.274. The Balaban J connectivity index is 1.25. The average Bonchev–Trinajstić information content (AvgIpc) is 2.99. The lowest BCUT2D eigenvalue weighted by molar-refractivity contribution is -0.383. The number of amides is 2. The second-order valence-corrected chi connectivity index (χ2v) is 11.0. The zero-order valence-corrected chi connectivity index (χ0v) is 18.4. The molecule has 2 N–H and O–H groups in total. The van der Waals surface area contributed by atoms with Crippen molar-refractivity contribution in [2.24, 2.45) is 22.7 Å². The van der Waals surface area contributed by atoms with Gasteiger partial charge in [-0.3, -0.25) is 24.7 Å². The van der Waals surface area contributed by atoms with Crippen LogP contribution in [0.25, 0.3) is 0 Å². The molecule has 164 valence electrons. The highest BCUT2D eigenvalue weighted by Gasteiger charge is 2.51. The summed E-state index contributed by atoms with van der Waals surface area (Å²) in [4.78, 5) is 40.6. The van der Waals surface area contributed by atoms with E-state index >= 15 is 0 Å². The van der Waals surface area contributed by atoms with Gasteiger partial charge in [0.05, 0.1) is 10.5 Å². The first kappa shape index (κ1) is 20.8. The molecule has 1 unspecified atom stereocenters. The number of aliphatic imine (C=N–C) groups is 1. The van der Waals surface area contributed by atoms with Gasteiger partial charge in [-0.2, -0.15) is 0 Å². The van der Waals surface area contributed by atoms with Gasteiger partial charge in [-0.15, -0.1) is 0 Å². The van der Waals surface area contributed by atoms with Crippen LogP contribution in [0.15, 0.2) is 23.2 Å². The van der Waals surface area contributed by atoms with Crippen molar-refractivity contribution < 1.29 is 14.5 Å². The molecule has 4 bridgehead atoms. The van der Waals surface area contributed by atoms with Gasteiger partial charge in [0.1, 0.15) is 10.9 Å². The van der Waals surface area contributed by atoms with Crippen LogP contribution in [0, 0.1) is 27.9 Å². The third-order valence-electron chi connectivity index (χ3n) is 6.92. The first-order valence-corrected chi connectivity index (χ1v) is 11.9. The molecule has 0 radical (unpaired) electrons. The molecular formula is C21H23ClN4O4S. The van der Waals surface area contributed by atoms with Crippen LogP contribution in [-0.2, 0) is 9.59 Å². The summed E-state index contributed by atoms with van der Waals surface area (Å²) in [5.74, 6) is 1.57. The SMILES string of the molecule is O=C(CC1SC(=NC23CC4CC(CC(C4)C2)C3)NC1=O)Nc1ccc(Cl)cc1[N+](=O)[O-]. The van der Waals surface area contributed by atoms with Crippen LogP contribution in [0.4, 0.5) is 11.4 Å². The molecule has 1 atom stereocenters. The lowest BCUT2D eigenvalue weighted by Gasteiger charge is -2.55. The van der Waals surface area contributed by atoms with Gasteiger partial charge in [0.2, 0.25) is 11.8 Å². The predicted octanol–water partition coefficient (Wildman–Crippen LogP) is 4.13. The van der Waals surface area contributed by atoms with E-state index in [-0.39, 0.29) is 34.3 Å². The fraction of sp³-hybridized carbons (Fsp3) is 0.571. The van der Waals surface area contributed by atoms with Crippen LogP contribution < -0.4 is 10.6 Å². The van der Waals surface area contributed by atoms with Gasteiger partial charge in [0, 0.05) is 17.5 Å². The Bertz CT molecular complexity index is 962. The highest BCUT2D eigenvalue weighted by molar-refractivity contribution is 8.15. The number of nitrogens with zero attached hydrogens (tertiary/aromatic N) is 2. The van der Waals surface area contributed by atoms with Crippen LogP contribution in [0.1, 0.15) is 44.9 Å². The van der Waals surface area contributed by atoms with E-state index in [1.54, 1.807) is 0 Å². The third-order valence-corrected chi connectivity index (χ3v) is 8.24. The van der Waals surface area contributed by atoms with E-state index in [0.717, 1.165) is 37.0 Å². The van der Waals surface area contributed by atoms with E-state index in [2.05, 4.69) is 10.6 Å². The molecule has 0 aromatic heterocycles. The molecule has 10 heteroatoms. The van der Waals surface area contributed by atoms with Gasteiger partial charge in [0.15, 0.2) is 5.17 Å². The maximum atomic E-state index is 12.5. The minimum Gasteiger partial charge on any atom is -0.320 e. The minimum atomic E-state index is -0.602. The van der Waals surface area contributed by atoms with Gasteiger partial charge < -0.3 is 10.6 Å². The number of thioether (sulfide) groups is 1. The molecule has 8 nitrogen and oxygen atoms in total. The number of hydrogen-bond acceptors (Lipinski definition) is 6. The van der Waals surface area contributed by atoms with Crippen LogP contribution in [-0.4, -0.2) is 32.7 Å². The number of nitrogens with one attached hydrogen (secondary N) is 2. The zero-order valence-electron chi connectivity index (χ0n) is 16.8. The molecule has 1 aromatic rings. The number of carbonyl (C=O) groups excluding carboxylic acids is 2. The molecule has 5 aliphatic rings. The van der Waals surface area contributed by atoms with Crippen molar-refractivity contribution in [2.45, 2.75) is 55.7 Å². The maximum absolute atomic E-state index is 12.5. The van der Waals surface area contributed by atoms with E-state index < -0.39 is 16.1 Å². The zero-order chi connectivity index (χ0) is 21.8. The molecule has 1 heterocycles. The molecular weight excluding hydrogens is 440 g/mol. The van der Waals surface area contributed by atoms with E-state index in [1.807, 2.05) is 0 Å². The Labute approximate surface area is 188 Å². The molecule has 2 amide bonds. The molecule has 1 saturated heterocycles. The summed E-state index contributed by atoms with van der Waals surface area (Å²) in [6, 6.07) is 4.04. The number of carbonyl (C=O) groups is 2. The molecule has 6 rings (SSSR count). The van der Waals surface area contributed by atoms with Gasteiger partial charge >= 0.3 is 0 Å². The van der Waals surface area contributed by atoms with Crippen LogP contribution in [0.3, 0.4) is 0 Å². The third kappa shape index (κ3) is 4.17. The van der Waals surface area contributed by atoms with Gasteiger partial charge in [-0.1, -0.05) is 23.4 Å². The molecule has 1 aliphatic heterocycles. The largest absolute Gasteiger partial charge is 0.320 e. The number of hydrogen-bond donors (Lipinski definition) is 2. The number of nitro benzene ring substituents is 1. The van der Waals surface area contributed by atoms with Crippen LogP contribution in [0.5, 0.6) is 0 Å². The van der Waals surface area contributed by atoms with Crippen molar-refractivity contribution in [3.8, 4) is 0 Å². The normalized spacial score (nSPS) is 34.7. The molecule has 4 aliphatic carbocycles. The number of anilines is 1. The Morgan fingerprint density at radius 2 is 1.90 bits per heavy atom. The van der Waals surface area contributed by atoms with E-state index in [9.17, 15) is 19.7 Å². The number of nitro groups is 1. The number of amidine groups is 1. The first-order chi connectivity index (χ1) is 14.8. The Hall–Kier alpha value is -2.13. The van der Waals surface area contributed by atoms with Crippen molar-refractivity contribution in [3.63, 3.8) is 0 Å². The second-order valence-electron chi connectivity index (χ2n) is 9.33. The van der Waals surface area contributed by atoms with Crippen molar-refractivity contribution in [1.29, 1.82) is 0 Å². The Morgan fingerprint density at radius 3 is 2.52 bits per heavy atom. The summed E-state index contributed by atoms with van der Waals surface area (Å²) in [5, 5.41) is 16.8. The van der Waals surface area contributed by atoms with Gasteiger partial charge in [0.25, 0.3) is 5.69 Å². The molecule has 31 heavy (non-hydrogen) atoms. The van der Waals surface area contributed by atoms with Gasteiger partial charge in [-0.05, 0) is 68.4 Å². The predicted molar refractivity (Wildman–Crippen MR) is 119 cm³/mol. The smallest absolute Gasteiger partial charge is 0.294 e. The van der Waals surface area contributed by atoms with Gasteiger partial charge in [-0.25, -0.2) is 0 Å². The number of benzene rings is 1. The standard InChI is InChI=1S/C21H23ClN4O4S/c22-14-1-2-15(16(6-14)26(29)30)23-18(27)7-17-19(28)24-20(31-17)25-21-8-11-3-12(9-21)5-13(4-11)10-21/h1-2,6,11-13,17H,3-5,7-10H2,(H,23,27)(H,24,25,28). The average molecular weight is 463 g/mol. The van der Waals surface area contributed by atoms with E-state index in [4.69, 9.17) is 16.6 Å². The number of halogens is 1. The second kappa shape index (κ2) is 7.78. The summed E-state index contributed by atoms with van der Waals surface area (Å²) in [6.45, 7) is 0. The molecule has 5 fully saturated rings. The van der Waals surface area contributed by atoms with Crippen molar-refractivity contribution in [3.05, 3.63) is 33.3 Å². The van der Waals surface area contributed by atoms with E-state index in [0.29, 0.717) is 5.17 Å². The first-order valence-electron chi connectivity index (χ1n) is 10.6. The van der Waals surface area contributed by atoms with Crippen molar-refractivity contribution >= 4 is 51.7 Å². The van der Waals surface area contributed by atoms with Crippen LogP contribution >= 0.6 is 23.4 Å². The van der Waals surface area contributed by atoms with E-state index in [1.165, 1.54) is 49.2 Å². The lowest BCUT2D eigenvalue weighted by Crippen LogP contribution is -2.50. The van der Waals surface area contributed by atoms with Crippen LogP contribution in [0.2, 0.25) is 5.02 Å². The number of rotatable bonds is 5. The molecule has 4 saturated carbocycles. The van der Waals surface area contributed by atoms with Crippen molar-refractivity contribution in [2.75, 3.05) is 5.32 Å². The maximum Gasteiger partial charge on any atom is 0.294 e. The summed E-state index contributed by atoms with van der Waals surface area (Å²) < 4.78 is 0. The lowest BCUT2D eigenvalue weighted by atomic mass is 9.53. The summed E-state index contributed by atoms with van der Waals surface area (Å²) in [6.07, 6.45) is 7.19. The fourth-order valence-corrected chi connectivity index (χ4v) is 7.38. The van der Waals surface area contributed by atoms with Crippen molar-refractivity contribution in [1.82, 2.24) is 5.32 Å². The Morgan fingerprint density at radius 1 is 1.26 bits per heavy atom. The summed E-state index contributed by atoms with van der Waals surface area (Å²) in [7, 11) is 0. The topological polar surface area (TPSA) is 114 Å². The monoisotopic (exact) mass is 462 g/mol. The highest BCUT2D eigenvalue weighted by Crippen LogP contribution is 2.57. The molecule has 0 spiro atoms. The Kier molecular flexibility index (Phi) is 5.21. The minimum absolute atomic E-state index is 0.0502. The fourth-order valence-electron chi connectivity index (χ4n) is 6.14. The molecule has 1 aromatic carbocycles.